The molecule has 1 aliphatic heterocycles. The summed E-state index contributed by atoms with van der Waals surface area (Å²) >= 11 is 0. The number of hydrogen-bond acceptors (Lipinski definition) is 10. The van der Waals surface area contributed by atoms with Crippen molar-refractivity contribution in [1.29, 1.82) is 0 Å². The largest absolute Gasteiger partial charge is 0.467 e. The highest BCUT2D eigenvalue weighted by Crippen LogP contribution is 2.22. The van der Waals surface area contributed by atoms with Crippen LogP contribution in [-0.2, 0) is 57.7 Å². The third kappa shape index (κ3) is 12.0. The first-order valence-corrected chi connectivity index (χ1v) is 20.0. The van der Waals surface area contributed by atoms with E-state index in [1.54, 1.807) is 66.9 Å². The molecule has 6 amide bonds. The topological polar surface area (TPSA) is 231 Å². The number of amides is 6. The highest BCUT2D eigenvalue weighted by atomic mass is 16.5. The Morgan fingerprint density at radius 1 is 0.867 bits per heavy atom. The second-order valence-electron chi connectivity index (χ2n) is 15.1. The molecule has 4 aromatic rings. The molecule has 1 fully saturated rings. The molecule has 1 aliphatic rings. The molecule has 2 heterocycles. The molecular formula is C44H53N7O9. The predicted molar refractivity (Wildman–Crippen MR) is 222 cm³/mol. The van der Waals surface area contributed by atoms with Gasteiger partial charge in [0, 0.05) is 29.9 Å². The first-order valence-electron chi connectivity index (χ1n) is 20.0. The molecule has 16 heteroatoms. The number of fused-ring (bicyclic) bond motifs is 1. The molecule has 1 aromatic heterocycles. The van der Waals surface area contributed by atoms with Crippen molar-refractivity contribution in [3.63, 3.8) is 0 Å². The Bertz CT molecular complexity index is 2130. The van der Waals surface area contributed by atoms with Crippen LogP contribution < -0.4 is 27.0 Å². The van der Waals surface area contributed by atoms with Gasteiger partial charge in [-0.3, -0.25) is 28.9 Å². The van der Waals surface area contributed by atoms with Gasteiger partial charge in [-0.2, -0.15) is 0 Å². The lowest BCUT2D eigenvalue weighted by Gasteiger charge is -2.36. The Kier molecular flexibility index (Phi) is 15.9. The monoisotopic (exact) mass is 823 g/mol. The maximum atomic E-state index is 14.7. The zero-order valence-corrected chi connectivity index (χ0v) is 34.0. The van der Waals surface area contributed by atoms with Crippen molar-refractivity contribution in [2.24, 2.45) is 11.7 Å². The number of para-hydroxylation sites is 1. The highest BCUT2D eigenvalue weighted by Gasteiger charge is 2.44. The standard InChI is InChI=1S/C44H53N7O9/c1-27(2)21-36(43(57)59-3)49-39(53)33(23-30-25-46-32-18-11-10-17-31(30)32)47-41(55)37(19-12-20-45)51-38(52)24-34(50-44(58)60-26-29-15-8-5-9-16-29)40(54)48-35(42(51)56)22-28-13-6-4-7-14-28/h4-11,13-18,25,27,33-37,46H,12,19-24,26,45H2,1-3H3,(H,47,55)(H,48,54)(H,49,53)(H,50,58)/t33-,34-,35+,36-,37+/m0/s1. The lowest BCUT2D eigenvalue weighted by Crippen LogP contribution is -2.64. The quantitative estimate of drug-likeness (QED) is 0.0635. The van der Waals surface area contributed by atoms with E-state index in [2.05, 4.69) is 26.3 Å². The number of carbonyl (C=O) groups excluding carboxylic acids is 7. The fourth-order valence-electron chi connectivity index (χ4n) is 7.12. The van der Waals surface area contributed by atoms with Gasteiger partial charge < -0.3 is 41.5 Å². The molecule has 3 aromatic carbocycles. The number of nitrogens with one attached hydrogen (secondary N) is 5. The Morgan fingerprint density at radius 3 is 2.18 bits per heavy atom. The maximum absolute atomic E-state index is 14.7. The first kappa shape index (κ1) is 44.6. The number of aromatic nitrogens is 1. The molecule has 0 saturated carbocycles. The summed E-state index contributed by atoms with van der Waals surface area (Å²) in [4.78, 5) is 101. The van der Waals surface area contributed by atoms with Crippen molar-refractivity contribution >= 4 is 52.5 Å². The number of benzene rings is 3. The molecule has 7 N–H and O–H groups in total. The molecule has 16 nitrogen and oxygen atoms in total. The zero-order chi connectivity index (χ0) is 43.2. The number of carbonyl (C=O) groups is 7. The summed E-state index contributed by atoms with van der Waals surface area (Å²) in [5.74, 6) is -4.78. The summed E-state index contributed by atoms with van der Waals surface area (Å²) in [7, 11) is 1.22. The SMILES string of the molecule is COC(=O)[C@H](CC(C)C)NC(=O)[C@H](Cc1c[nH]c2ccccc12)NC(=O)[C@@H](CCCN)N1C(=O)C[C@H](NC(=O)OCc2ccccc2)C(=O)N[C@H](Cc2ccccc2)C1=O. The van der Waals surface area contributed by atoms with Crippen LogP contribution in [0.2, 0.25) is 0 Å². The zero-order valence-electron chi connectivity index (χ0n) is 34.0. The van der Waals surface area contributed by atoms with Gasteiger partial charge >= 0.3 is 12.1 Å². The fourth-order valence-corrected chi connectivity index (χ4v) is 7.12. The Balaban J connectivity index is 1.47. The van der Waals surface area contributed by atoms with E-state index >= 15 is 0 Å². The number of aromatic amines is 1. The number of ether oxygens (including phenoxy) is 2. The average molecular weight is 824 g/mol. The Morgan fingerprint density at radius 2 is 1.52 bits per heavy atom. The molecule has 0 aliphatic carbocycles. The van der Waals surface area contributed by atoms with Crippen molar-refractivity contribution in [3.05, 3.63) is 108 Å². The van der Waals surface area contributed by atoms with Crippen LogP contribution in [0, 0.1) is 5.92 Å². The van der Waals surface area contributed by atoms with Gasteiger partial charge in [0.05, 0.1) is 13.5 Å². The summed E-state index contributed by atoms with van der Waals surface area (Å²) < 4.78 is 10.3. The number of alkyl carbamates (subject to hydrolysis) is 1. The number of nitrogens with two attached hydrogens (primary N) is 1. The number of esters is 1. The molecule has 0 radical (unpaired) electrons. The van der Waals surface area contributed by atoms with E-state index in [9.17, 15) is 33.6 Å². The maximum Gasteiger partial charge on any atom is 0.408 e. The smallest absolute Gasteiger partial charge is 0.408 e. The minimum Gasteiger partial charge on any atom is -0.467 e. The minimum atomic E-state index is -1.50. The van der Waals surface area contributed by atoms with Crippen LogP contribution in [0.25, 0.3) is 10.9 Å². The molecule has 1 saturated heterocycles. The van der Waals surface area contributed by atoms with Crippen LogP contribution in [-0.4, -0.2) is 95.3 Å². The van der Waals surface area contributed by atoms with Crippen LogP contribution >= 0.6 is 0 Å². The summed E-state index contributed by atoms with van der Waals surface area (Å²) in [6.07, 6.45) is 0.308. The van der Waals surface area contributed by atoms with Gasteiger partial charge in [0.1, 0.15) is 36.8 Å². The van der Waals surface area contributed by atoms with E-state index in [0.717, 1.165) is 15.8 Å². The average Bonchev–Trinajstić information content (AvgIpc) is 3.65. The third-order valence-electron chi connectivity index (χ3n) is 10.1. The highest BCUT2D eigenvalue weighted by molar-refractivity contribution is 6.07. The number of rotatable bonds is 18. The van der Waals surface area contributed by atoms with Gasteiger partial charge in [0.15, 0.2) is 0 Å². The third-order valence-corrected chi connectivity index (χ3v) is 10.1. The molecule has 5 rings (SSSR count). The summed E-state index contributed by atoms with van der Waals surface area (Å²) in [5, 5.41) is 11.5. The summed E-state index contributed by atoms with van der Waals surface area (Å²) in [6.45, 7) is 3.75. The van der Waals surface area contributed by atoms with Crippen molar-refractivity contribution < 1.29 is 43.0 Å². The van der Waals surface area contributed by atoms with Crippen molar-refractivity contribution in [1.82, 2.24) is 31.2 Å². The molecule has 5 atom stereocenters. The van der Waals surface area contributed by atoms with Crippen LogP contribution in [0.3, 0.4) is 0 Å². The van der Waals surface area contributed by atoms with Gasteiger partial charge in [0.25, 0.3) is 5.91 Å². The molecule has 60 heavy (non-hydrogen) atoms. The summed E-state index contributed by atoms with van der Waals surface area (Å²) in [5.41, 5.74) is 8.72. The van der Waals surface area contributed by atoms with Gasteiger partial charge in [0.2, 0.25) is 23.6 Å². The van der Waals surface area contributed by atoms with Crippen LogP contribution in [0.15, 0.2) is 91.1 Å². The fraction of sp³-hybridized carbons (Fsp3) is 0.386. The second-order valence-corrected chi connectivity index (χ2v) is 15.1. The number of H-pyrrole nitrogens is 1. The first-order chi connectivity index (χ1) is 28.9. The van der Waals surface area contributed by atoms with E-state index in [1.807, 2.05) is 38.1 Å². The predicted octanol–water partition coefficient (Wildman–Crippen LogP) is 2.79. The molecule has 0 unspecified atom stereocenters. The molecular weight excluding hydrogens is 771 g/mol. The summed E-state index contributed by atoms with van der Waals surface area (Å²) in [6, 6.07) is 18.4. The van der Waals surface area contributed by atoms with Gasteiger partial charge in [-0.1, -0.05) is 92.7 Å². The molecule has 0 spiro atoms. The van der Waals surface area contributed by atoms with E-state index < -0.39 is 78.2 Å². The van der Waals surface area contributed by atoms with Gasteiger partial charge in [-0.05, 0) is 54.5 Å². The van der Waals surface area contributed by atoms with Gasteiger partial charge in [-0.25, -0.2) is 9.59 Å². The van der Waals surface area contributed by atoms with Crippen LogP contribution in [0.1, 0.15) is 56.2 Å². The number of methoxy groups -OCH3 is 1. The second kappa shape index (κ2) is 21.5. The lowest BCUT2D eigenvalue weighted by atomic mass is 9.97. The normalized spacial score (nSPS) is 17.1. The lowest BCUT2D eigenvalue weighted by molar-refractivity contribution is -0.157. The number of imide groups is 1. The Hall–Kier alpha value is -6.55. The van der Waals surface area contributed by atoms with Crippen molar-refractivity contribution in [2.75, 3.05) is 13.7 Å². The molecule has 0 bridgehead atoms. The van der Waals surface area contributed by atoms with Crippen LogP contribution in [0.4, 0.5) is 4.79 Å². The Labute approximate surface area is 348 Å². The number of hydrogen-bond donors (Lipinski definition) is 6. The van der Waals surface area contributed by atoms with Crippen molar-refractivity contribution in [3.8, 4) is 0 Å². The van der Waals surface area contributed by atoms with Crippen LogP contribution in [0.5, 0.6) is 0 Å². The van der Waals surface area contributed by atoms with Gasteiger partial charge in [-0.15, -0.1) is 0 Å². The van der Waals surface area contributed by atoms with E-state index in [1.165, 1.54) is 7.11 Å². The van der Waals surface area contributed by atoms with Crippen molar-refractivity contribution in [2.45, 2.75) is 89.2 Å². The minimum absolute atomic E-state index is 0.00537. The molecule has 318 valence electrons. The van der Waals surface area contributed by atoms with E-state index in [-0.39, 0.29) is 51.2 Å². The van der Waals surface area contributed by atoms with E-state index in [4.69, 9.17) is 15.2 Å². The number of nitrogens with zero attached hydrogens (tertiary/aromatic N) is 1. The van der Waals surface area contributed by atoms with E-state index in [0.29, 0.717) is 16.7 Å².